The molecule has 0 amide bonds. The molecule has 0 radical (unpaired) electrons. The van der Waals surface area contributed by atoms with Crippen LogP contribution in [0.25, 0.3) is 11.1 Å². The summed E-state index contributed by atoms with van der Waals surface area (Å²) in [5, 5.41) is 20.2. The highest BCUT2D eigenvalue weighted by atomic mass is 16.3. The summed E-state index contributed by atoms with van der Waals surface area (Å²) in [6.45, 7) is 5.86. The summed E-state index contributed by atoms with van der Waals surface area (Å²) in [7, 11) is 0. The lowest BCUT2D eigenvalue weighted by Gasteiger charge is -2.13. The van der Waals surface area contributed by atoms with E-state index in [0.717, 1.165) is 29.5 Å². The molecule has 0 bridgehead atoms. The summed E-state index contributed by atoms with van der Waals surface area (Å²) in [5.74, 6) is 0.475. The van der Waals surface area contributed by atoms with Crippen LogP contribution in [-0.4, -0.2) is 10.2 Å². The molecule has 0 atom stereocenters. The molecule has 2 nitrogen and oxygen atoms in total. The highest BCUT2D eigenvalue weighted by Crippen LogP contribution is 2.36. The first-order valence-corrected chi connectivity index (χ1v) is 6.91. The van der Waals surface area contributed by atoms with Gasteiger partial charge in [-0.15, -0.1) is 6.58 Å². The van der Waals surface area contributed by atoms with Crippen molar-refractivity contribution in [3.05, 3.63) is 60.2 Å². The Hall–Kier alpha value is -2.22. The van der Waals surface area contributed by atoms with Crippen molar-refractivity contribution >= 4 is 0 Å². The zero-order valence-corrected chi connectivity index (χ0v) is 11.8. The second-order valence-corrected chi connectivity index (χ2v) is 4.90. The Bertz CT molecular complexity index is 615. The third kappa shape index (κ3) is 2.85. The van der Waals surface area contributed by atoms with Gasteiger partial charge in [0.25, 0.3) is 0 Å². The van der Waals surface area contributed by atoms with Crippen LogP contribution in [-0.2, 0) is 12.8 Å². The van der Waals surface area contributed by atoms with E-state index >= 15 is 0 Å². The summed E-state index contributed by atoms with van der Waals surface area (Å²) in [6, 6.07) is 11.0. The fourth-order valence-electron chi connectivity index (χ4n) is 2.43. The molecule has 0 aromatic heterocycles. The van der Waals surface area contributed by atoms with Crippen LogP contribution in [0.4, 0.5) is 0 Å². The molecule has 0 aliphatic carbocycles. The Morgan fingerprint density at radius 1 is 1.05 bits per heavy atom. The van der Waals surface area contributed by atoms with Gasteiger partial charge < -0.3 is 10.2 Å². The number of rotatable bonds is 5. The molecule has 0 aliphatic rings. The monoisotopic (exact) mass is 268 g/mol. The molecular weight excluding hydrogens is 248 g/mol. The number of aryl methyl sites for hydroxylation is 1. The van der Waals surface area contributed by atoms with Crippen LogP contribution < -0.4 is 0 Å². The van der Waals surface area contributed by atoms with E-state index in [4.69, 9.17) is 0 Å². The molecule has 104 valence electrons. The minimum absolute atomic E-state index is 0.237. The Morgan fingerprint density at radius 3 is 2.55 bits per heavy atom. The normalized spacial score (nSPS) is 10.4. The first kappa shape index (κ1) is 14.2. The maximum atomic E-state index is 10.1. The van der Waals surface area contributed by atoms with E-state index in [0.29, 0.717) is 6.42 Å². The average molecular weight is 268 g/mol. The highest BCUT2D eigenvalue weighted by Gasteiger charge is 2.12. The molecule has 0 heterocycles. The minimum atomic E-state index is 0.237. The smallest absolute Gasteiger partial charge is 0.123 e. The molecule has 2 aromatic carbocycles. The number of benzene rings is 2. The van der Waals surface area contributed by atoms with Crippen molar-refractivity contribution in [1.82, 2.24) is 0 Å². The molecule has 2 N–H and O–H groups in total. The molecule has 2 aromatic rings. The zero-order valence-electron chi connectivity index (χ0n) is 11.8. The van der Waals surface area contributed by atoms with Gasteiger partial charge in [-0.05, 0) is 42.2 Å². The van der Waals surface area contributed by atoms with E-state index in [1.807, 2.05) is 18.2 Å². The van der Waals surface area contributed by atoms with Gasteiger partial charge >= 0.3 is 0 Å². The second kappa shape index (κ2) is 6.29. The number of aromatic hydroxyl groups is 2. The van der Waals surface area contributed by atoms with Crippen molar-refractivity contribution in [2.24, 2.45) is 0 Å². The van der Waals surface area contributed by atoms with Crippen LogP contribution in [0.15, 0.2) is 49.1 Å². The molecule has 0 saturated heterocycles. The van der Waals surface area contributed by atoms with E-state index in [-0.39, 0.29) is 11.5 Å². The third-order valence-corrected chi connectivity index (χ3v) is 3.39. The van der Waals surface area contributed by atoms with Crippen LogP contribution in [0.2, 0.25) is 0 Å². The lowest BCUT2D eigenvalue weighted by molar-refractivity contribution is 0.469. The molecule has 2 rings (SSSR count). The van der Waals surface area contributed by atoms with Crippen molar-refractivity contribution < 1.29 is 10.2 Å². The maximum Gasteiger partial charge on any atom is 0.123 e. The number of phenolic OH excluding ortho intramolecular Hbond substituents is 2. The van der Waals surface area contributed by atoms with E-state index in [1.54, 1.807) is 24.3 Å². The first-order chi connectivity index (χ1) is 9.67. The average Bonchev–Trinajstić information content (AvgIpc) is 2.44. The van der Waals surface area contributed by atoms with Crippen LogP contribution in [0.3, 0.4) is 0 Å². The van der Waals surface area contributed by atoms with Gasteiger partial charge in [-0.2, -0.15) is 0 Å². The van der Waals surface area contributed by atoms with Crippen LogP contribution in [0, 0.1) is 0 Å². The predicted molar refractivity (Wildman–Crippen MR) is 83.1 cm³/mol. The molecular formula is C18H20O2. The van der Waals surface area contributed by atoms with Crippen molar-refractivity contribution in [1.29, 1.82) is 0 Å². The van der Waals surface area contributed by atoms with Gasteiger partial charge in [-0.25, -0.2) is 0 Å². The molecule has 0 spiro atoms. The van der Waals surface area contributed by atoms with E-state index in [9.17, 15) is 10.2 Å². The van der Waals surface area contributed by atoms with Crippen molar-refractivity contribution in [3.63, 3.8) is 0 Å². The summed E-state index contributed by atoms with van der Waals surface area (Å²) in [5.41, 5.74) is 3.61. The van der Waals surface area contributed by atoms with E-state index < -0.39 is 0 Å². The van der Waals surface area contributed by atoms with Crippen molar-refractivity contribution in [2.75, 3.05) is 0 Å². The predicted octanol–water partition coefficient (Wildman–Crippen LogP) is 4.45. The van der Waals surface area contributed by atoms with Gasteiger partial charge in [0.1, 0.15) is 11.5 Å². The molecule has 0 fully saturated rings. The summed E-state index contributed by atoms with van der Waals surface area (Å²) < 4.78 is 0. The van der Waals surface area contributed by atoms with Crippen LogP contribution in [0.1, 0.15) is 24.5 Å². The Morgan fingerprint density at radius 2 is 1.85 bits per heavy atom. The van der Waals surface area contributed by atoms with Crippen LogP contribution in [0.5, 0.6) is 11.5 Å². The van der Waals surface area contributed by atoms with Gasteiger partial charge in [0, 0.05) is 11.1 Å². The number of allylic oxidation sites excluding steroid dienone is 1. The largest absolute Gasteiger partial charge is 0.508 e. The molecule has 2 heteroatoms. The first-order valence-electron chi connectivity index (χ1n) is 6.91. The van der Waals surface area contributed by atoms with Crippen molar-refractivity contribution in [2.45, 2.75) is 26.2 Å². The number of hydrogen-bond acceptors (Lipinski definition) is 2. The lowest BCUT2D eigenvalue weighted by Crippen LogP contribution is -1.92. The lowest BCUT2D eigenvalue weighted by atomic mass is 9.94. The summed E-state index contributed by atoms with van der Waals surface area (Å²) >= 11 is 0. The summed E-state index contributed by atoms with van der Waals surface area (Å²) in [4.78, 5) is 0. The van der Waals surface area contributed by atoms with Gasteiger partial charge in [0.2, 0.25) is 0 Å². The topological polar surface area (TPSA) is 40.5 Å². The standard InChI is InChI=1S/C18H20O2/c1-3-6-13-10-11-18(20)16(12-13)14-8-5-9-17(19)15(14)7-4-2/h4-5,8-12,19-20H,2-3,6-7H2,1H3. The van der Waals surface area contributed by atoms with E-state index in [1.165, 1.54) is 5.56 Å². The Kier molecular flexibility index (Phi) is 4.46. The van der Waals surface area contributed by atoms with Crippen LogP contribution >= 0.6 is 0 Å². The zero-order chi connectivity index (χ0) is 14.5. The number of phenols is 2. The molecule has 20 heavy (non-hydrogen) atoms. The van der Waals surface area contributed by atoms with Crippen molar-refractivity contribution in [3.8, 4) is 22.6 Å². The highest BCUT2D eigenvalue weighted by molar-refractivity contribution is 5.75. The minimum Gasteiger partial charge on any atom is -0.508 e. The fourth-order valence-corrected chi connectivity index (χ4v) is 2.43. The maximum absolute atomic E-state index is 10.1. The van der Waals surface area contributed by atoms with Gasteiger partial charge in [-0.3, -0.25) is 0 Å². The Labute approximate surface area is 120 Å². The molecule has 0 aliphatic heterocycles. The molecule has 0 saturated carbocycles. The second-order valence-electron chi connectivity index (χ2n) is 4.90. The SMILES string of the molecule is C=CCc1c(O)cccc1-c1cc(CCC)ccc1O. The molecule has 0 unspecified atom stereocenters. The van der Waals surface area contributed by atoms with Gasteiger partial charge in [0.15, 0.2) is 0 Å². The third-order valence-electron chi connectivity index (χ3n) is 3.39. The van der Waals surface area contributed by atoms with Gasteiger partial charge in [-0.1, -0.05) is 37.6 Å². The Balaban J connectivity index is 2.58. The fraction of sp³-hybridized carbons (Fsp3) is 0.222. The van der Waals surface area contributed by atoms with Gasteiger partial charge in [0.05, 0.1) is 0 Å². The quantitative estimate of drug-likeness (QED) is 0.787. The van der Waals surface area contributed by atoms with E-state index in [2.05, 4.69) is 13.5 Å². The number of hydrogen-bond donors (Lipinski definition) is 2. The summed E-state index contributed by atoms with van der Waals surface area (Å²) in [6.07, 6.45) is 4.36.